The number of allylic oxidation sites excluding steroid dienone is 1. The van der Waals surface area contributed by atoms with Crippen molar-refractivity contribution in [2.45, 2.75) is 26.3 Å². The molecule has 0 saturated heterocycles. The molecule has 1 N–H and O–H groups in total. The van der Waals surface area contributed by atoms with E-state index >= 15 is 0 Å². The van der Waals surface area contributed by atoms with Crippen molar-refractivity contribution in [3.63, 3.8) is 0 Å². The molecule has 0 unspecified atom stereocenters. The Morgan fingerprint density at radius 1 is 1.35 bits per heavy atom. The first-order valence-electron chi connectivity index (χ1n) is 5.79. The van der Waals surface area contributed by atoms with Crippen LogP contribution >= 0.6 is 0 Å². The van der Waals surface area contributed by atoms with E-state index in [2.05, 4.69) is 5.32 Å². The summed E-state index contributed by atoms with van der Waals surface area (Å²) in [6.07, 6.45) is 3.98. The van der Waals surface area contributed by atoms with Crippen molar-refractivity contribution in [1.82, 2.24) is 5.32 Å². The van der Waals surface area contributed by atoms with Gasteiger partial charge in [-0.05, 0) is 26.3 Å². The number of carbonyl (C=O) groups excluding carboxylic acids is 1. The Morgan fingerprint density at radius 3 is 2.47 bits per heavy atom. The van der Waals surface area contributed by atoms with Crippen LogP contribution in [0.15, 0.2) is 12.2 Å². The van der Waals surface area contributed by atoms with E-state index in [9.17, 15) is 4.79 Å². The molecule has 0 aliphatic carbocycles. The maximum atomic E-state index is 11.2. The number of hydrogen-bond acceptors (Lipinski definition) is 4. The topological polar surface area (TPSA) is 56.8 Å². The zero-order chi connectivity index (χ0) is 13.1. The largest absolute Gasteiger partial charge is 0.500 e. The Kier molecular flexibility index (Phi) is 8.97. The van der Waals surface area contributed by atoms with Gasteiger partial charge in [0.25, 0.3) is 0 Å². The third-order valence-electron chi connectivity index (χ3n) is 2.26. The molecule has 6 heteroatoms. The summed E-state index contributed by atoms with van der Waals surface area (Å²) in [5.74, 6) is -0.0778. The van der Waals surface area contributed by atoms with Crippen LogP contribution in [0.1, 0.15) is 20.3 Å². The molecule has 0 radical (unpaired) electrons. The van der Waals surface area contributed by atoms with Gasteiger partial charge in [-0.25, -0.2) is 0 Å². The number of rotatable bonds is 9. The summed E-state index contributed by atoms with van der Waals surface area (Å²) >= 11 is 0. The lowest BCUT2D eigenvalue weighted by molar-refractivity contribution is -0.116. The van der Waals surface area contributed by atoms with Crippen LogP contribution in [0.2, 0.25) is 6.04 Å². The monoisotopic (exact) mass is 261 g/mol. The van der Waals surface area contributed by atoms with Gasteiger partial charge >= 0.3 is 8.80 Å². The minimum absolute atomic E-state index is 0.0778. The van der Waals surface area contributed by atoms with E-state index in [-0.39, 0.29) is 5.91 Å². The summed E-state index contributed by atoms with van der Waals surface area (Å²) < 4.78 is 16.2. The van der Waals surface area contributed by atoms with Crippen LogP contribution in [0.3, 0.4) is 0 Å². The van der Waals surface area contributed by atoms with Crippen LogP contribution in [0.4, 0.5) is 0 Å². The standard InChI is InChI=1S/C11H23NO4Si/c1-5-8-11(13)12-9-7-10-17(14-3,15-4)16-6-2/h5,8H,6-7,9-10H2,1-4H3,(H,12,13). The number of amides is 1. The van der Waals surface area contributed by atoms with Crippen molar-refractivity contribution in [1.29, 1.82) is 0 Å². The molecule has 0 rings (SSSR count). The fourth-order valence-electron chi connectivity index (χ4n) is 1.42. The van der Waals surface area contributed by atoms with Gasteiger partial charge in [-0.1, -0.05) is 6.08 Å². The quantitative estimate of drug-likeness (QED) is 0.386. The molecule has 0 spiro atoms. The molecule has 0 aromatic rings. The molecule has 0 aliphatic heterocycles. The van der Waals surface area contributed by atoms with Gasteiger partial charge in [0, 0.05) is 33.4 Å². The molecule has 0 aromatic carbocycles. The number of carbonyl (C=O) groups is 1. The van der Waals surface area contributed by atoms with Gasteiger partial charge in [0.05, 0.1) is 0 Å². The van der Waals surface area contributed by atoms with Crippen molar-refractivity contribution in [2.24, 2.45) is 0 Å². The van der Waals surface area contributed by atoms with Crippen LogP contribution in [-0.4, -0.2) is 42.1 Å². The highest BCUT2D eigenvalue weighted by Gasteiger charge is 2.37. The fraction of sp³-hybridized carbons (Fsp3) is 0.727. The second kappa shape index (κ2) is 9.35. The summed E-state index contributed by atoms with van der Waals surface area (Å²) in [4.78, 5) is 11.2. The Morgan fingerprint density at radius 2 is 2.00 bits per heavy atom. The second-order valence-electron chi connectivity index (χ2n) is 3.42. The van der Waals surface area contributed by atoms with E-state index in [0.717, 1.165) is 6.42 Å². The SMILES string of the molecule is CC=CC(=O)NCCC[Si](OC)(OC)OCC. The van der Waals surface area contributed by atoms with Crippen LogP contribution in [0, 0.1) is 0 Å². The summed E-state index contributed by atoms with van der Waals surface area (Å²) in [6.45, 7) is 4.88. The Labute approximate surface area is 105 Å². The molecule has 0 aliphatic rings. The lowest BCUT2D eigenvalue weighted by Crippen LogP contribution is -2.44. The summed E-state index contributed by atoms with van der Waals surface area (Å²) in [5.41, 5.74) is 0. The van der Waals surface area contributed by atoms with Gasteiger partial charge in [0.2, 0.25) is 5.91 Å². The van der Waals surface area contributed by atoms with E-state index < -0.39 is 8.80 Å². The Hall–Kier alpha value is -0.693. The minimum atomic E-state index is -2.50. The van der Waals surface area contributed by atoms with Crippen LogP contribution in [0.5, 0.6) is 0 Å². The van der Waals surface area contributed by atoms with E-state index in [0.29, 0.717) is 19.2 Å². The van der Waals surface area contributed by atoms with Gasteiger partial charge in [0.15, 0.2) is 0 Å². The van der Waals surface area contributed by atoms with Gasteiger partial charge in [0.1, 0.15) is 0 Å². The first kappa shape index (κ1) is 16.3. The first-order chi connectivity index (χ1) is 8.14. The van der Waals surface area contributed by atoms with Crippen LogP contribution in [0.25, 0.3) is 0 Å². The predicted molar refractivity (Wildman–Crippen MR) is 68.6 cm³/mol. The average Bonchev–Trinajstić information content (AvgIpc) is 2.33. The van der Waals surface area contributed by atoms with Gasteiger partial charge < -0.3 is 18.6 Å². The third-order valence-corrected chi connectivity index (χ3v) is 5.20. The van der Waals surface area contributed by atoms with Crippen LogP contribution < -0.4 is 5.32 Å². The average molecular weight is 261 g/mol. The van der Waals surface area contributed by atoms with Crippen molar-refractivity contribution in [3.05, 3.63) is 12.2 Å². The van der Waals surface area contributed by atoms with E-state index in [1.54, 1.807) is 20.3 Å². The lowest BCUT2D eigenvalue weighted by atomic mass is 10.4. The summed E-state index contributed by atoms with van der Waals surface area (Å²) in [5, 5.41) is 2.78. The van der Waals surface area contributed by atoms with Crippen molar-refractivity contribution < 1.29 is 18.1 Å². The van der Waals surface area contributed by atoms with Crippen LogP contribution in [-0.2, 0) is 18.1 Å². The smallest absolute Gasteiger partial charge is 0.377 e. The molecule has 17 heavy (non-hydrogen) atoms. The second-order valence-corrected chi connectivity index (χ2v) is 6.39. The fourth-order valence-corrected chi connectivity index (χ4v) is 3.43. The predicted octanol–water partition coefficient (Wildman–Crippen LogP) is 1.34. The highest BCUT2D eigenvalue weighted by Crippen LogP contribution is 2.15. The Balaban J connectivity index is 3.94. The maximum Gasteiger partial charge on any atom is 0.500 e. The maximum absolute atomic E-state index is 11.2. The van der Waals surface area contributed by atoms with E-state index in [4.69, 9.17) is 13.3 Å². The molecular formula is C11H23NO4Si. The van der Waals surface area contributed by atoms with Crippen molar-refractivity contribution >= 4 is 14.7 Å². The molecule has 100 valence electrons. The molecule has 5 nitrogen and oxygen atoms in total. The third kappa shape index (κ3) is 6.57. The normalized spacial score (nSPS) is 12.0. The van der Waals surface area contributed by atoms with E-state index in [1.165, 1.54) is 6.08 Å². The van der Waals surface area contributed by atoms with Crippen molar-refractivity contribution in [2.75, 3.05) is 27.4 Å². The zero-order valence-electron chi connectivity index (χ0n) is 11.1. The van der Waals surface area contributed by atoms with Crippen molar-refractivity contribution in [3.8, 4) is 0 Å². The zero-order valence-corrected chi connectivity index (χ0v) is 12.1. The molecule has 0 bridgehead atoms. The highest BCUT2D eigenvalue weighted by molar-refractivity contribution is 6.60. The highest BCUT2D eigenvalue weighted by atomic mass is 28.4. The molecule has 0 heterocycles. The summed E-state index contributed by atoms with van der Waals surface area (Å²) in [6, 6.07) is 0.698. The molecule has 0 aromatic heterocycles. The first-order valence-corrected chi connectivity index (χ1v) is 7.72. The molecular weight excluding hydrogens is 238 g/mol. The molecule has 0 saturated carbocycles. The Bertz CT molecular complexity index is 242. The molecule has 0 fully saturated rings. The summed E-state index contributed by atoms with van der Waals surface area (Å²) in [7, 11) is 0.699. The number of nitrogens with one attached hydrogen (secondary N) is 1. The number of hydrogen-bond donors (Lipinski definition) is 1. The molecule has 1 amide bonds. The lowest BCUT2D eigenvalue weighted by Gasteiger charge is -2.25. The molecule has 0 atom stereocenters. The van der Waals surface area contributed by atoms with E-state index in [1.807, 2.05) is 13.8 Å². The van der Waals surface area contributed by atoms with Gasteiger partial charge in [-0.3, -0.25) is 4.79 Å². The van der Waals surface area contributed by atoms with Gasteiger partial charge in [-0.2, -0.15) is 0 Å². The minimum Gasteiger partial charge on any atom is -0.377 e. The van der Waals surface area contributed by atoms with Gasteiger partial charge in [-0.15, -0.1) is 0 Å².